The van der Waals surface area contributed by atoms with E-state index in [0.717, 1.165) is 18.4 Å². The largest absolute Gasteiger partial charge is 0.461 e. The minimum absolute atomic E-state index is 0.0373. The van der Waals surface area contributed by atoms with Crippen LogP contribution in [0.1, 0.15) is 52.9 Å². The molecule has 0 bridgehead atoms. The van der Waals surface area contributed by atoms with E-state index in [4.69, 9.17) is 4.74 Å². The van der Waals surface area contributed by atoms with Crippen molar-refractivity contribution in [3.8, 4) is 0 Å². The first-order valence-corrected chi connectivity index (χ1v) is 11.4. The molecule has 0 aromatic heterocycles. The van der Waals surface area contributed by atoms with Gasteiger partial charge in [0.05, 0.1) is 24.2 Å². The van der Waals surface area contributed by atoms with E-state index in [9.17, 15) is 20.1 Å². The Morgan fingerprint density at radius 2 is 2.07 bits per heavy atom. The van der Waals surface area contributed by atoms with Crippen LogP contribution in [-0.4, -0.2) is 51.9 Å². The van der Waals surface area contributed by atoms with Gasteiger partial charge in [0.15, 0.2) is 0 Å². The third-order valence-electron chi connectivity index (χ3n) is 6.30. The van der Waals surface area contributed by atoms with E-state index in [-0.39, 0.29) is 29.8 Å². The number of rotatable bonds is 9. The van der Waals surface area contributed by atoms with Crippen LogP contribution < -0.4 is 0 Å². The molecule has 0 spiro atoms. The SMILES string of the molecule is CC[C@H](C)C(=O)O[C@H]1C[C@H](O)C=C2C=C[C@H](C)[C@H](CC[C@H](O)C[C@@H](O)CP)[C@H]21. The average molecular weight is 413 g/mol. The first-order chi connectivity index (χ1) is 13.3. The number of aliphatic hydroxyl groups is 3. The van der Waals surface area contributed by atoms with Gasteiger partial charge in [-0.3, -0.25) is 4.79 Å². The number of fused-ring (bicyclic) bond motifs is 1. The minimum atomic E-state index is -0.609. The van der Waals surface area contributed by atoms with Crippen LogP contribution in [0.25, 0.3) is 0 Å². The Balaban J connectivity index is 2.13. The summed E-state index contributed by atoms with van der Waals surface area (Å²) in [6, 6.07) is 0. The van der Waals surface area contributed by atoms with E-state index in [1.165, 1.54) is 0 Å². The first kappa shape index (κ1) is 23.5. The topological polar surface area (TPSA) is 87.0 Å². The Labute approximate surface area is 171 Å². The highest BCUT2D eigenvalue weighted by Crippen LogP contribution is 2.44. The summed E-state index contributed by atoms with van der Waals surface area (Å²) in [7, 11) is 2.50. The highest BCUT2D eigenvalue weighted by molar-refractivity contribution is 7.16. The molecule has 2 rings (SSSR count). The number of aliphatic hydroxyl groups excluding tert-OH is 3. The van der Waals surface area contributed by atoms with Crippen molar-refractivity contribution in [1.82, 2.24) is 0 Å². The van der Waals surface area contributed by atoms with Crippen molar-refractivity contribution >= 4 is 15.2 Å². The lowest BCUT2D eigenvalue weighted by Crippen LogP contribution is -2.43. The van der Waals surface area contributed by atoms with Gasteiger partial charge in [-0.15, -0.1) is 9.24 Å². The molecule has 0 heterocycles. The van der Waals surface area contributed by atoms with Gasteiger partial charge in [0.25, 0.3) is 0 Å². The van der Waals surface area contributed by atoms with E-state index >= 15 is 0 Å². The molecule has 2 aliphatic rings. The maximum atomic E-state index is 12.4. The molecule has 0 amide bonds. The lowest BCUT2D eigenvalue weighted by atomic mass is 9.66. The zero-order valence-electron chi connectivity index (χ0n) is 17.3. The Bertz CT molecular complexity index is 575. The molecule has 0 aromatic rings. The van der Waals surface area contributed by atoms with Crippen LogP contribution in [0.4, 0.5) is 0 Å². The second-order valence-corrected chi connectivity index (χ2v) is 8.99. The molecule has 5 nitrogen and oxygen atoms in total. The molecule has 0 fully saturated rings. The summed E-state index contributed by atoms with van der Waals surface area (Å²) in [6.45, 7) is 5.99. The van der Waals surface area contributed by atoms with Gasteiger partial charge in [-0.25, -0.2) is 0 Å². The number of hydrogen-bond acceptors (Lipinski definition) is 5. The zero-order chi connectivity index (χ0) is 20.8. The standard InChI is InChI=1S/C22H37O5P/c1-4-13(2)22(26)27-20-11-17(24)9-15-6-5-14(3)19(21(15)20)8-7-16(23)10-18(25)12-28/h5-6,9,13-14,16-21,23-25H,4,7-8,10-12,28H2,1-3H3/t13-,14-,16-,17+,18+,19-,20-,21-/m0/s1. The fraction of sp³-hybridized carbons (Fsp3) is 0.773. The van der Waals surface area contributed by atoms with Crippen LogP contribution in [0, 0.1) is 23.7 Å². The fourth-order valence-corrected chi connectivity index (χ4v) is 4.52. The molecular formula is C22H37O5P. The number of carbonyl (C=O) groups is 1. The van der Waals surface area contributed by atoms with E-state index in [1.807, 2.05) is 26.0 Å². The number of carbonyl (C=O) groups excluding carboxylic acids is 1. The van der Waals surface area contributed by atoms with Crippen molar-refractivity contribution in [2.75, 3.05) is 6.16 Å². The second kappa shape index (κ2) is 10.9. The summed E-state index contributed by atoms with van der Waals surface area (Å²) in [5, 5.41) is 30.3. The maximum Gasteiger partial charge on any atom is 0.308 e. The van der Waals surface area contributed by atoms with Gasteiger partial charge in [-0.2, -0.15) is 0 Å². The van der Waals surface area contributed by atoms with Gasteiger partial charge in [0.1, 0.15) is 6.10 Å². The second-order valence-electron chi connectivity index (χ2n) is 8.52. The quantitative estimate of drug-likeness (QED) is 0.400. The van der Waals surface area contributed by atoms with Gasteiger partial charge < -0.3 is 20.1 Å². The molecule has 160 valence electrons. The van der Waals surface area contributed by atoms with E-state index in [2.05, 4.69) is 22.2 Å². The molecule has 3 N–H and O–H groups in total. The van der Waals surface area contributed by atoms with Gasteiger partial charge in [0, 0.05) is 12.3 Å². The lowest BCUT2D eigenvalue weighted by Gasteiger charge is -2.43. The number of ether oxygens (including phenoxy) is 1. The fourth-order valence-electron chi connectivity index (χ4n) is 4.33. The normalized spacial score (nSPS) is 32.8. The van der Waals surface area contributed by atoms with E-state index < -0.39 is 18.3 Å². The number of hydrogen-bond donors (Lipinski definition) is 3. The van der Waals surface area contributed by atoms with Crippen molar-refractivity contribution < 1.29 is 24.9 Å². The van der Waals surface area contributed by atoms with Crippen molar-refractivity contribution in [2.45, 2.75) is 77.3 Å². The summed E-state index contributed by atoms with van der Waals surface area (Å²) in [6.07, 6.45) is 7.52. The van der Waals surface area contributed by atoms with Crippen molar-refractivity contribution in [2.24, 2.45) is 23.7 Å². The van der Waals surface area contributed by atoms with E-state index in [0.29, 0.717) is 31.3 Å². The third-order valence-corrected chi connectivity index (χ3v) is 6.85. The van der Waals surface area contributed by atoms with Crippen LogP contribution in [0.2, 0.25) is 0 Å². The molecule has 0 saturated heterocycles. The monoisotopic (exact) mass is 412 g/mol. The molecule has 28 heavy (non-hydrogen) atoms. The van der Waals surface area contributed by atoms with Crippen LogP contribution in [-0.2, 0) is 9.53 Å². The maximum absolute atomic E-state index is 12.4. The molecule has 6 heteroatoms. The summed E-state index contributed by atoms with van der Waals surface area (Å²) in [5.74, 6) is 0.194. The average Bonchev–Trinajstić information content (AvgIpc) is 2.66. The van der Waals surface area contributed by atoms with Gasteiger partial charge in [0.2, 0.25) is 0 Å². The number of esters is 1. The van der Waals surface area contributed by atoms with Crippen molar-refractivity contribution in [1.29, 1.82) is 0 Å². The van der Waals surface area contributed by atoms with E-state index in [1.54, 1.807) is 0 Å². The molecule has 0 radical (unpaired) electrons. The molecule has 2 aliphatic carbocycles. The summed E-state index contributed by atoms with van der Waals surface area (Å²) in [4.78, 5) is 12.4. The summed E-state index contributed by atoms with van der Waals surface area (Å²) < 4.78 is 5.87. The lowest BCUT2D eigenvalue weighted by molar-refractivity contribution is -0.159. The Kier molecular flexibility index (Phi) is 9.14. The van der Waals surface area contributed by atoms with Crippen LogP contribution >= 0.6 is 9.24 Å². The summed E-state index contributed by atoms with van der Waals surface area (Å²) >= 11 is 0. The molecule has 0 aliphatic heterocycles. The molecular weight excluding hydrogens is 375 g/mol. The molecule has 0 saturated carbocycles. The first-order valence-electron chi connectivity index (χ1n) is 10.6. The predicted molar refractivity (Wildman–Crippen MR) is 114 cm³/mol. The third kappa shape index (κ3) is 6.13. The van der Waals surface area contributed by atoms with Crippen molar-refractivity contribution in [3.63, 3.8) is 0 Å². The summed E-state index contributed by atoms with van der Waals surface area (Å²) in [5.41, 5.74) is 1.03. The predicted octanol–water partition coefficient (Wildman–Crippen LogP) is 2.84. The van der Waals surface area contributed by atoms with Crippen LogP contribution in [0.3, 0.4) is 0 Å². The zero-order valence-corrected chi connectivity index (χ0v) is 18.5. The van der Waals surface area contributed by atoms with Gasteiger partial charge in [-0.1, -0.05) is 39.0 Å². The molecule has 1 unspecified atom stereocenters. The van der Waals surface area contributed by atoms with Gasteiger partial charge in [-0.05, 0) is 49.3 Å². The number of allylic oxidation sites excluding steroid dienone is 2. The van der Waals surface area contributed by atoms with Crippen LogP contribution in [0.5, 0.6) is 0 Å². The Morgan fingerprint density at radius 3 is 2.71 bits per heavy atom. The van der Waals surface area contributed by atoms with Gasteiger partial charge >= 0.3 is 5.97 Å². The smallest absolute Gasteiger partial charge is 0.308 e. The highest BCUT2D eigenvalue weighted by Gasteiger charge is 2.42. The molecule has 0 aromatic carbocycles. The Morgan fingerprint density at radius 1 is 1.36 bits per heavy atom. The molecule has 9 atom stereocenters. The highest BCUT2D eigenvalue weighted by atomic mass is 31.0. The Hall–Kier alpha value is -0.740. The van der Waals surface area contributed by atoms with Crippen molar-refractivity contribution in [3.05, 3.63) is 23.8 Å². The minimum Gasteiger partial charge on any atom is -0.461 e. The van der Waals surface area contributed by atoms with Crippen LogP contribution in [0.15, 0.2) is 23.8 Å².